The van der Waals surface area contributed by atoms with Gasteiger partial charge in [0.2, 0.25) is 0 Å². The Labute approximate surface area is 333 Å². The van der Waals surface area contributed by atoms with Gasteiger partial charge in [-0.05, 0) is 145 Å². The second kappa shape index (κ2) is 15.4. The first kappa shape index (κ1) is 37.0. The van der Waals surface area contributed by atoms with Crippen LogP contribution in [0.1, 0.15) is 67.8 Å². The number of amidine groups is 1. The van der Waals surface area contributed by atoms with E-state index in [0.717, 1.165) is 90.5 Å². The number of likely N-dealkylation sites (tertiary alicyclic amines) is 1. The van der Waals surface area contributed by atoms with Gasteiger partial charge in [0.25, 0.3) is 5.56 Å². The first-order chi connectivity index (χ1) is 27.6. The molecule has 4 aliphatic rings. The normalized spacial score (nSPS) is 18.1. The first-order valence-corrected chi connectivity index (χ1v) is 20.5. The summed E-state index contributed by atoms with van der Waals surface area (Å²) in [6.07, 6.45) is 21.9. The fourth-order valence-corrected chi connectivity index (χ4v) is 8.83. The van der Waals surface area contributed by atoms with Gasteiger partial charge in [0.15, 0.2) is 0 Å². The molecule has 0 aliphatic carbocycles. The number of hydrogen-bond donors (Lipinski definition) is 1. The molecule has 0 bridgehead atoms. The number of aryl methyl sites for hydroxylation is 3. The van der Waals surface area contributed by atoms with Crippen LogP contribution in [-0.2, 0) is 7.05 Å². The molecular formula is C46H52N10O. The number of aromatic nitrogens is 6. The third-order valence-corrected chi connectivity index (χ3v) is 12.0. The van der Waals surface area contributed by atoms with Gasteiger partial charge in [-0.2, -0.15) is 5.10 Å². The summed E-state index contributed by atoms with van der Waals surface area (Å²) in [5.74, 6) is 2.21. The minimum Gasteiger partial charge on any atom is -0.329 e. The maximum absolute atomic E-state index is 12.9. The Bertz CT molecular complexity index is 2660. The highest BCUT2D eigenvalue weighted by atomic mass is 16.1. The number of piperidine rings is 2. The zero-order valence-electron chi connectivity index (χ0n) is 33.7. The molecule has 0 saturated carbocycles. The van der Waals surface area contributed by atoms with Crippen LogP contribution in [0, 0.1) is 19.8 Å². The number of hydrogen-bond acceptors (Lipinski definition) is 8. The van der Waals surface area contributed by atoms with Crippen molar-refractivity contribution in [1.82, 2.24) is 43.7 Å². The molecule has 4 aliphatic heterocycles. The minimum absolute atomic E-state index is 0.0391. The van der Waals surface area contributed by atoms with Crippen molar-refractivity contribution in [2.24, 2.45) is 18.0 Å². The highest BCUT2D eigenvalue weighted by molar-refractivity contribution is 6.00. The van der Waals surface area contributed by atoms with Crippen molar-refractivity contribution >= 4 is 33.7 Å². The van der Waals surface area contributed by atoms with Crippen LogP contribution in [0.25, 0.3) is 39.2 Å². The van der Waals surface area contributed by atoms with Crippen molar-refractivity contribution in [1.29, 1.82) is 0 Å². The third kappa shape index (κ3) is 7.61. The van der Waals surface area contributed by atoms with Crippen molar-refractivity contribution in [3.63, 3.8) is 0 Å². The predicted molar refractivity (Wildman–Crippen MR) is 229 cm³/mol. The van der Waals surface area contributed by atoms with E-state index in [2.05, 4.69) is 99.3 Å². The van der Waals surface area contributed by atoms with E-state index in [-0.39, 0.29) is 5.56 Å². The topological polar surface area (TPSA) is 100 Å². The first-order valence-electron chi connectivity index (χ1n) is 20.5. The molecule has 1 aromatic carbocycles. The Kier molecular flexibility index (Phi) is 9.96. The third-order valence-electron chi connectivity index (χ3n) is 12.0. The Morgan fingerprint density at radius 2 is 1.67 bits per heavy atom. The van der Waals surface area contributed by atoms with E-state index in [1.807, 2.05) is 50.6 Å². The Morgan fingerprint density at radius 3 is 2.47 bits per heavy atom. The number of nitrogens with one attached hydrogen (secondary N) is 1. The van der Waals surface area contributed by atoms with Gasteiger partial charge in [0.05, 0.1) is 22.6 Å². The number of benzene rings is 1. The van der Waals surface area contributed by atoms with E-state index in [1.165, 1.54) is 29.5 Å². The van der Waals surface area contributed by atoms with Gasteiger partial charge in [0.1, 0.15) is 17.1 Å². The number of aliphatic imine (C=N–C) groups is 1. The van der Waals surface area contributed by atoms with Gasteiger partial charge in [-0.15, -0.1) is 0 Å². The van der Waals surface area contributed by atoms with Gasteiger partial charge in [0, 0.05) is 73.2 Å². The summed E-state index contributed by atoms with van der Waals surface area (Å²) in [6.45, 7) is 14.0. The quantitative estimate of drug-likeness (QED) is 0.197. The van der Waals surface area contributed by atoms with Crippen LogP contribution in [0.15, 0.2) is 107 Å². The molecule has 11 heteroatoms. The molecule has 6 aromatic rings. The summed E-state index contributed by atoms with van der Waals surface area (Å²) in [6, 6.07) is 14.5. The molecule has 5 aromatic heterocycles. The predicted octanol–water partition coefficient (Wildman–Crippen LogP) is 7.30. The number of allylic oxidation sites excluding steroid dienone is 2. The summed E-state index contributed by atoms with van der Waals surface area (Å²) in [5.41, 5.74) is 11.3. The molecule has 0 radical (unpaired) electrons. The molecule has 0 unspecified atom stereocenters. The van der Waals surface area contributed by atoms with Crippen molar-refractivity contribution in [2.75, 3.05) is 32.7 Å². The maximum Gasteiger partial charge on any atom is 0.258 e. The maximum atomic E-state index is 12.9. The monoisotopic (exact) mass is 760 g/mol. The lowest BCUT2D eigenvalue weighted by Gasteiger charge is -2.34. The zero-order valence-corrected chi connectivity index (χ0v) is 33.7. The summed E-state index contributed by atoms with van der Waals surface area (Å²) < 4.78 is 5.60. The summed E-state index contributed by atoms with van der Waals surface area (Å²) in [4.78, 5) is 32.0. The minimum atomic E-state index is -0.0391. The van der Waals surface area contributed by atoms with Gasteiger partial charge in [-0.1, -0.05) is 18.2 Å². The van der Waals surface area contributed by atoms with Crippen LogP contribution in [0.5, 0.6) is 0 Å². The molecule has 0 amide bonds. The fraction of sp³-hybridized carbons (Fsp3) is 0.370. The zero-order chi connectivity index (χ0) is 39.2. The van der Waals surface area contributed by atoms with Gasteiger partial charge >= 0.3 is 0 Å². The van der Waals surface area contributed by atoms with E-state index >= 15 is 0 Å². The van der Waals surface area contributed by atoms with E-state index in [9.17, 15) is 4.79 Å². The van der Waals surface area contributed by atoms with Crippen molar-refractivity contribution in [2.45, 2.75) is 65.3 Å². The van der Waals surface area contributed by atoms with Crippen molar-refractivity contribution in [3.8, 4) is 11.3 Å². The van der Waals surface area contributed by atoms with E-state index in [0.29, 0.717) is 29.2 Å². The van der Waals surface area contributed by atoms with Crippen molar-refractivity contribution < 1.29 is 0 Å². The lowest BCUT2D eigenvalue weighted by molar-refractivity contribution is 0.172. The number of rotatable bonds is 5. The molecule has 292 valence electrons. The summed E-state index contributed by atoms with van der Waals surface area (Å²) in [7, 11) is 1.91. The molecule has 11 nitrogen and oxygen atoms in total. The van der Waals surface area contributed by atoms with E-state index < -0.39 is 0 Å². The van der Waals surface area contributed by atoms with Crippen LogP contribution in [-0.4, -0.2) is 83.0 Å². The standard InChI is InChI=1S/C24H27N5O.C22H25N5/c1-16(2)28-10-8-17(9-11-28)19-5-7-23-25-22(13-24(30)29(23)15-19)18-4-6-21-20(12-18)14-27(3)26-21;1-15-11-19(14-27-12-16(2)24-22(15)27)20-7-10-26-13-18(3-4-21(26)25-20)17-5-8-23-9-6-17/h4-7,12-17H,8-11H2,1-3H3;3-4,7,11-14,17,23H,5-6,8-10H2,1-2H3. The van der Waals surface area contributed by atoms with Crippen LogP contribution < -0.4 is 10.9 Å². The molecule has 2 saturated heterocycles. The summed E-state index contributed by atoms with van der Waals surface area (Å²) >= 11 is 0. The number of imidazole rings is 1. The van der Waals surface area contributed by atoms with E-state index in [1.54, 1.807) is 15.1 Å². The second-order valence-electron chi connectivity index (χ2n) is 16.4. The molecule has 0 spiro atoms. The van der Waals surface area contributed by atoms with Crippen LogP contribution in [0.2, 0.25) is 0 Å². The molecule has 0 atom stereocenters. The van der Waals surface area contributed by atoms with Gasteiger partial charge < -0.3 is 19.5 Å². The lowest BCUT2D eigenvalue weighted by atomic mass is 9.89. The Balaban J connectivity index is 0.000000149. The lowest BCUT2D eigenvalue weighted by Crippen LogP contribution is -2.37. The van der Waals surface area contributed by atoms with Crippen LogP contribution in [0.4, 0.5) is 0 Å². The Morgan fingerprint density at radius 1 is 0.842 bits per heavy atom. The number of pyridine rings is 2. The van der Waals surface area contributed by atoms with Gasteiger partial charge in [-0.25, -0.2) is 15.0 Å². The summed E-state index contributed by atoms with van der Waals surface area (Å²) in [5, 5.41) is 8.90. The molecule has 57 heavy (non-hydrogen) atoms. The molecule has 9 heterocycles. The molecular weight excluding hydrogens is 709 g/mol. The van der Waals surface area contributed by atoms with Crippen molar-refractivity contribution in [3.05, 3.63) is 130 Å². The number of fused-ring (bicyclic) bond motifs is 4. The average Bonchev–Trinajstić information content (AvgIpc) is 3.81. The number of nitrogens with zero attached hydrogens (tertiary/aromatic N) is 9. The van der Waals surface area contributed by atoms with Gasteiger partial charge in [-0.3, -0.25) is 13.9 Å². The molecule has 1 N–H and O–H groups in total. The highest BCUT2D eigenvalue weighted by Gasteiger charge is 2.24. The molecule has 10 rings (SSSR count). The average molecular weight is 761 g/mol. The fourth-order valence-electron chi connectivity index (χ4n) is 8.83. The molecule has 2 fully saturated rings. The highest BCUT2D eigenvalue weighted by Crippen LogP contribution is 2.31. The SMILES string of the molecule is CC(C)N1CCC(c2ccc3nc(-c4ccc5nn(C)cc5c4)cc(=O)n3c2)CC1.Cc1cn2cc(C3=CCN4C=C(C5CCNCC5)C=CC4=N3)cc(C)c2n1. The largest absolute Gasteiger partial charge is 0.329 e. The second-order valence-corrected chi connectivity index (χ2v) is 16.4. The van der Waals surface area contributed by atoms with E-state index in [4.69, 9.17) is 9.98 Å². The van der Waals surface area contributed by atoms with Crippen LogP contribution in [0.3, 0.4) is 0 Å². The van der Waals surface area contributed by atoms with Crippen LogP contribution >= 0.6 is 0 Å². The Hall–Kier alpha value is -5.65. The smallest absolute Gasteiger partial charge is 0.258 e.